The molecular formula is C23H18ClNO4. The van der Waals surface area contributed by atoms with E-state index >= 15 is 0 Å². The molecule has 0 aliphatic carbocycles. The molecule has 1 N–H and O–H groups in total. The predicted molar refractivity (Wildman–Crippen MR) is 110 cm³/mol. The molecule has 0 saturated carbocycles. The molecule has 2 aromatic carbocycles. The third kappa shape index (κ3) is 3.75. The van der Waals surface area contributed by atoms with Crippen LogP contribution in [-0.2, 0) is 21.7 Å². The normalized spacial score (nSPS) is 18.4. The van der Waals surface area contributed by atoms with Gasteiger partial charge in [-0.05, 0) is 48.0 Å². The van der Waals surface area contributed by atoms with Gasteiger partial charge in [0.25, 0.3) is 5.91 Å². The number of allylic oxidation sites excluding steroid dienone is 1. The van der Waals surface area contributed by atoms with Crippen LogP contribution in [0.4, 0.5) is 5.69 Å². The van der Waals surface area contributed by atoms with Gasteiger partial charge in [0.05, 0.1) is 24.9 Å². The first kappa shape index (κ1) is 19.2. The number of nitrogens with zero attached hydrogens (tertiary/aromatic N) is 1. The molecule has 1 aliphatic heterocycles. The second-order valence-electron chi connectivity index (χ2n) is 6.89. The molecule has 1 amide bonds. The highest BCUT2D eigenvalue weighted by molar-refractivity contribution is 6.30. The number of amides is 1. The molecule has 0 radical (unpaired) electrons. The molecule has 146 valence electrons. The molecule has 29 heavy (non-hydrogen) atoms. The highest BCUT2D eigenvalue weighted by Gasteiger charge is 2.50. The first-order valence-electron chi connectivity index (χ1n) is 9.10. The summed E-state index contributed by atoms with van der Waals surface area (Å²) in [5.74, 6) is -0.373. The SMILES string of the molecule is O=C(/C=C\c1ccco1)C[C@]1(O)C(=O)N(Cc2ccc(Cl)cc2)c2ccccc21. The summed E-state index contributed by atoms with van der Waals surface area (Å²) in [6, 6.07) is 17.6. The number of carbonyl (C=O) groups excluding carboxylic acids is 2. The number of carbonyl (C=O) groups is 2. The number of fused-ring (bicyclic) bond motifs is 1. The van der Waals surface area contributed by atoms with Crippen LogP contribution in [0.3, 0.4) is 0 Å². The largest absolute Gasteiger partial charge is 0.465 e. The number of halogens is 1. The molecule has 2 heterocycles. The van der Waals surface area contributed by atoms with Gasteiger partial charge in [0, 0.05) is 10.6 Å². The smallest absolute Gasteiger partial charge is 0.264 e. The van der Waals surface area contributed by atoms with E-state index in [1.54, 1.807) is 48.5 Å². The van der Waals surface area contributed by atoms with Crippen LogP contribution in [0.15, 0.2) is 77.4 Å². The Morgan fingerprint density at radius 2 is 1.86 bits per heavy atom. The number of anilines is 1. The lowest BCUT2D eigenvalue weighted by Gasteiger charge is -2.22. The second kappa shape index (κ2) is 7.70. The lowest BCUT2D eigenvalue weighted by Crippen LogP contribution is -2.41. The van der Waals surface area contributed by atoms with Crippen molar-refractivity contribution in [2.75, 3.05) is 4.90 Å². The van der Waals surface area contributed by atoms with E-state index in [1.807, 2.05) is 12.1 Å². The van der Waals surface area contributed by atoms with Crippen LogP contribution >= 0.6 is 11.6 Å². The van der Waals surface area contributed by atoms with Gasteiger partial charge in [0.2, 0.25) is 0 Å². The molecule has 0 unspecified atom stereocenters. The van der Waals surface area contributed by atoms with Gasteiger partial charge >= 0.3 is 0 Å². The van der Waals surface area contributed by atoms with Gasteiger partial charge in [-0.3, -0.25) is 9.59 Å². The molecule has 0 saturated heterocycles. The predicted octanol–water partition coefficient (Wildman–Crippen LogP) is 4.34. The number of para-hydroxylation sites is 1. The maximum Gasteiger partial charge on any atom is 0.264 e. The topological polar surface area (TPSA) is 70.7 Å². The van der Waals surface area contributed by atoms with Crippen LogP contribution in [0.25, 0.3) is 6.08 Å². The van der Waals surface area contributed by atoms with Crippen molar-refractivity contribution in [3.05, 3.63) is 94.9 Å². The van der Waals surface area contributed by atoms with Crippen LogP contribution in [-0.4, -0.2) is 16.8 Å². The van der Waals surface area contributed by atoms with E-state index < -0.39 is 11.5 Å². The van der Waals surface area contributed by atoms with Gasteiger partial charge in [-0.15, -0.1) is 0 Å². The maximum atomic E-state index is 13.2. The third-order valence-corrected chi connectivity index (χ3v) is 5.15. The van der Waals surface area contributed by atoms with Gasteiger partial charge < -0.3 is 14.4 Å². The fourth-order valence-corrected chi connectivity index (χ4v) is 3.61. The molecule has 1 aliphatic rings. The van der Waals surface area contributed by atoms with Gasteiger partial charge in [0.1, 0.15) is 5.76 Å². The first-order chi connectivity index (χ1) is 14.0. The summed E-state index contributed by atoms with van der Waals surface area (Å²) in [6.45, 7) is 0.270. The number of hydrogen-bond acceptors (Lipinski definition) is 4. The summed E-state index contributed by atoms with van der Waals surface area (Å²) in [7, 11) is 0. The molecule has 0 fully saturated rings. The minimum Gasteiger partial charge on any atom is -0.465 e. The van der Waals surface area contributed by atoms with Gasteiger partial charge in [-0.1, -0.05) is 41.9 Å². The molecule has 0 spiro atoms. The lowest BCUT2D eigenvalue weighted by atomic mass is 9.90. The van der Waals surface area contributed by atoms with Gasteiger partial charge in [0.15, 0.2) is 11.4 Å². The van der Waals surface area contributed by atoms with E-state index in [-0.39, 0.29) is 18.7 Å². The Morgan fingerprint density at radius 1 is 1.10 bits per heavy atom. The summed E-state index contributed by atoms with van der Waals surface area (Å²) in [5, 5.41) is 11.8. The Labute approximate surface area is 172 Å². The van der Waals surface area contributed by atoms with E-state index in [0.29, 0.717) is 22.0 Å². The van der Waals surface area contributed by atoms with Crippen molar-refractivity contribution >= 4 is 35.1 Å². The average Bonchev–Trinajstić information content (AvgIpc) is 3.31. The zero-order chi connectivity index (χ0) is 20.4. The number of rotatable bonds is 6. The average molecular weight is 408 g/mol. The zero-order valence-electron chi connectivity index (χ0n) is 15.4. The van der Waals surface area contributed by atoms with Gasteiger partial charge in [-0.2, -0.15) is 0 Å². The molecule has 1 aromatic heterocycles. The van der Waals surface area contributed by atoms with Crippen LogP contribution in [0.2, 0.25) is 5.02 Å². The van der Waals surface area contributed by atoms with E-state index in [1.165, 1.54) is 23.3 Å². The van der Waals surface area contributed by atoms with Crippen LogP contribution in [0, 0.1) is 0 Å². The maximum absolute atomic E-state index is 13.2. The molecule has 0 bridgehead atoms. The molecular weight excluding hydrogens is 390 g/mol. The summed E-state index contributed by atoms with van der Waals surface area (Å²) in [6.07, 6.45) is 3.98. The van der Waals surface area contributed by atoms with Crippen molar-refractivity contribution in [2.24, 2.45) is 0 Å². The Bertz CT molecular complexity index is 1070. The Morgan fingerprint density at radius 3 is 2.59 bits per heavy atom. The quantitative estimate of drug-likeness (QED) is 0.617. The molecule has 3 aromatic rings. The summed E-state index contributed by atoms with van der Waals surface area (Å²) in [5.41, 5.74) is -0.0181. The van der Waals surface area contributed by atoms with Crippen molar-refractivity contribution < 1.29 is 19.1 Å². The van der Waals surface area contributed by atoms with Crippen molar-refractivity contribution in [1.82, 2.24) is 0 Å². The summed E-state index contributed by atoms with van der Waals surface area (Å²) >= 11 is 5.94. The number of furan rings is 1. The highest BCUT2D eigenvalue weighted by atomic mass is 35.5. The third-order valence-electron chi connectivity index (χ3n) is 4.90. The molecule has 4 rings (SSSR count). The number of ketones is 1. The first-order valence-corrected chi connectivity index (χ1v) is 9.48. The fourth-order valence-electron chi connectivity index (χ4n) is 3.48. The van der Waals surface area contributed by atoms with Crippen LogP contribution in [0.1, 0.15) is 23.3 Å². The summed E-state index contributed by atoms with van der Waals surface area (Å²) in [4.78, 5) is 27.2. The number of hydrogen-bond donors (Lipinski definition) is 1. The lowest BCUT2D eigenvalue weighted by molar-refractivity contribution is -0.140. The monoisotopic (exact) mass is 407 g/mol. The number of aliphatic hydroxyl groups is 1. The van der Waals surface area contributed by atoms with E-state index in [2.05, 4.69) is 0 Å². The van der Waals surface area contributed by atoms with Crippen molar-refractivity contribution in [3.8, 4) is 0 Å². The Kier molecular flexibility index (Phi) is 5.09. The summed E-state index contributed by atoms with van der Waals surface area (Å²) < 4.78 is 5.16. The minimum atomic E-state index is -1.91. The molecule has 5 nitrogen and oxygen atoms in total. The van der Waals surface area contributed by atoms with Crippen LogP contribution in [0.5, 0.6) is 0 Å². The van der Waals surface area contributed by atoms with E-state index in [4.69, 9.17) is 16.0 Å². The van der Waals surface area contributed by atoms with Crippen molar-refractivity contribution in [2.45, 2.75) is 18.6 Å². The molecule has 6 heteroatoms. The molecule has 1 atom stereocenters. The van der Waals surface area contributed by atoms with E-state index in [9.17, 15) is 14.7 Å². The standard InChI is InChI=1S/C23H18ClNO4/c24-17-9-7-16(8-10-17)15-25-21-6-2-1-5-20(21)23(28,22(25)27)14-18(26)11-12-19-4-3-13-29-19/h1-13,28H,14-15H2/b12-11-/t23-/m1/s1. The van der Waals surface area contributed by atoms with Crippen molar-refractivity contribution in [3.63, 3.8) is 0 Å². The number of benzene rings is 2. The van der Waals surface area contributed by atoms with Crippen LogP contribution < -0.4 is 4.90 Å². The van der Waals surface area contributed by atoms with Gasteiger partial charge in [-0.25, -0.2) is 0 Å². The fraction of sp³-hybridized carbons (Fsp3) is 0.130. The Hall–Kier alpha value is -3.15. The second-order valence-corrected chi connectivity index (χ2v) is 7.32. The van der Waals surface area contributed by atoms with Crippen molar-refractivity contribution in [1.29, 1.82) is 0 Å². The highest BCUT2D eigenvalue weighted by Crippen LogP contribution is 2.43. The minimum absolute atomic E-state index is 0.270. The Balaban J connectivity index is 1.60. The van der Waals surface area contributed by atoms with E-state index in [0.717, 1.165) is 5.56 Å². The zero-order valence-corrected chi connectivity index (χ0v) is 16.2.